The molecule has 3 aromatic rings. The Balaban J connectivity index is 1.66. The van der Waals surface area contributed by atoms with Crippen LogP contribution in [-0.4, -0.2) is 22.3 Å². The van der Waals surface area contributed by atoms with E-state index in [0.29, 0.717) is 18.7 Å². The fourth-order valence-electron chi connectivity index (χ4n) is 2.73. The summed E-state index contributed by atoms with van der Waals surface area (Å²) in [5.74, 6) is 0.542. The van der Waals surface area contributed by atoms with Crippen molar-refractivity contribution in [2.45, 2.75) is 26.9 Å². The van der Waals surface area contributed by atoms with E-state index in [4.69, 9.17) is 0 Å². The standard InChI is InChI=1S/C21H24FN5/c1-3-23-21(25-15-18-8-9-20(22)16(2)12-18)24-14-17-6-4-7-19(13-17)27-11-5-10-26-27/h4-13H,3,14-15H2,1-2H3,(H2,23,24,25). The summed E-state index contributed by atoms with van der Waals surface area (Å²) in [6, 6.07) is 15.2. The summed E-state index contributed by atoms with van der Waals surface area (Å²) in [6.45, 7) is 5.69. The summed E-state index contributed by atoms with van der Waals surface area (Å²) in [5.41, 5.74) is 3.76. The van der Waals surface area contributed by atoms with Crippen molar-refractivity contribution < 1.29 is 4.39 Å². The second-order valence-corrected chi connectivity index (χ2v) is 6.25. The number of aliphatic imine (C=N–C) groups is 1. The lowest BCUT2D eigenvalue weighted by molar-refractivity contribution is 0.617. The lowest BCUT2D eigenvalue weighted by Gasteiger charge is -2.12. The fraction of sp³-hybridized carbons (Fsp3) is 0.238. The van der Waals surface area contributed by atoms with Crippen LogP contribution in [0.3, 0.4) is 0 Å². The average molecular weight is 365 g/mol. The minimum absolute atomic E-state index is 0.184. The normalized spacial score (nSPS) is 11.4. The van der Waals surface area contributed by atoms with Gasteiger partial charge in [0, 0.05) is 25.5 Å². The minimum Gasteiger partial charge on any atom is -0.357 e. The molecule has 6 heteroatoms. The summed E-state index contributed by atoms with van der Waals surface area (Å²) >= 11 is 0. The monoisotopic (exact) mass is 365 g/mol. The van der Waals surface area contributed by atoms with Crippen LogP contribution in [0, 0.1) is 12.7 Å². The molecule has 0 fully saturated rings. The number of halogens is 1. The van der Waals surface area contributed by atoms with Crippen LogP contribution in [0.4, 0.5) is 4.39 Å². The van der Waals surface area contributed by atoms with E-state index in [-0.39, 0.29) is 5.82 Å². The maximum atomic E-state index is 13.4. The van der Waals surface area contributed by atoms with Gasteiger partial charge in [0.15, 0.2) is 5.96 Å². The Hall–Kier alpha value is -3.15. The van der Waals surface area contributed by atoms with Gasteiger partial charge in [-0.2, -0.15) is 5.10 Å². The molecule has 2 N–H and O–H groups in total. The highest BCUT2D eigenvalue weighted by molar-refractivity contribution is 5.79. The van der Waals surface area contributed by atoms with Crippen molar-refractivity contribution in [3.63, 3.8) is 0 Å². The average Bonchev–Trinajstić information content (AvgIpc) is 3.22. The van der Waals surface area contributed by atoms with Crippen LogP contribution in [0.5, 0.6) is 0 Å². The quantitative estimate of drug-likeness (QED) is 0.519. The molecule has 5 nitrogen and oxygen atoms in total. The first kappa shape index (κ1) is 18.6. The molecular formula is C21H24FN5. The van der Waals surface area contributed by atoms with Gasteiger partial charge in [0.05, 0.1) is 12.2 Å². The summed E-state index contributed by atoms with van der Waals surface area (Å²) in [7, 11) is 0. The maximum absolute atomic E-state index is 13.4. The van der Waals surface area contributed by atoms with Gasteiger partial charge in [-0.1, -0.05) is 24.3 Å². The molecule has 0 unspecified atom stereocenters. The fourth-order valence-corrected chi connectivity index (χ4v) is 2.73. The molecule has 0 saturated carbocycles. The Morgan fingerprint density at radius 2 is 2.00 bits per heavy atom. The predicted molar refractivity (Wildman–Crippen MR) is 106 cm³/mol. The zero-order valence-electron chi connectivity index (χ0n) is 15.6. The van der Waals surface area contributed by atoms with Crippen LogP contribution in [-0.2, 0) is 13.1 Å². The molecule has 0 radical (unpaired) electrons. The van der Waals surface area contributed by atoms with E-state index >= 15 is 0 Å². The number of hydrogen-bond donors (Lipinski definition) is 2. The molecule has 0 aliphatic heterocycles. The Kier molecular flexibility index (Phi) is 6.20. The van der Waals surface area contributed by atoms with E-state index in [9.17, 15) is 4.39 Å². The number of benzene rings is 2. The highest BCUT2D eigenvalue weighted by Crippen LogP contribution is 2.11. The molecule has 0 aliphatic rings. The number of nitrogens with one attached hydrogen (secondary N) is 2. The van der Waals surface area contributed by atoms with Crippen LogP contribution < -0.4 is 10.6 Å². The molecule has 27 heavy (non-hydrogen) atoms. The highest BCUT2D eigenvalue weighted by atomic mass is 19.1. The number of aromatic nitrogens is 2. The highest BCUT2D eigenvalue weighted by Gasteiger charge is 2.03. The van der Waals surface area contributed by atoms with Gasteiger partial charge < -0.3 is 10.6 Å². The van der Waals surface area contributed by atoms with E-state index < -0.39 is 0 Å². The lowest BCUT2D eigenvalue weighted by Crippen LogP contribution is -2.36. The summed E-state index contributed by atoms with van der Waals surface area (Å²) in [4.78, 5) is 4.65. The Morgan fingerprint density at radius 1 is 1.11 bits per heavy atom. The zero-order chi connectivity index (χ0) is 19.1. The molecule has 2 aromatic carbocycles. The first-order valence-electron chi connectivity index (χ1n) is 9.02. The third kappa shape index (κ3) is 5.17. The molecule has 0 spiro atoms. The molecule has 140 valence electrons. The molecule has 1 heterocycles. The molecule has 0 bridgehead atoms. The van der Waals surface area contributed by atoms with Crippen LogP contribution in [0.1, 0.15) is 23.6 Å². The summed E-state index contributed by atoms with van der Waals surface area (Å²) < 4.78 is 15.2. The third-order valence-electron chi connectivity index (χ3n) is 4.13. The van der Waals surface area contributed by atoms with Crippen molar-refractivity contribution in [1.82, 2.24) is 20.4 Å². The lowest BCUT2D eigenvalue weighted by atomic mass is 10.1. The predicted octanol–water partition coefficient (Wildman–Crippen LogP) is 3.58. The van der Waals surface area contributed by atoms with E-state index in [2.05, 4.69) is 26.8 Å². The first-order valence-corrected chi connectivity index (χ1v) is 9.02. The second-order valence-electron chi connectivity index (χ2n) is 6.25. The van der Waals surface area contributed by atoms with Crippen molar-refractivity contribution in [3.8, 4) is 5.69 Å². The van der Waals surface area contributed by atoms with Gasteiger partial charge in [-0.3, -0.25) is 0 Å². The zero-order valence-corrected chi connectivity index (χ0v) is 15.6. The van der Waals surface area contributed by atoms with E-state index in [1.54, 1.807) is 19.2 Å². The van der Waals surface area contributed by atoms with Crippen LogP contribution in [0.15, 0.2) is 65.9 Å². The van der Waals surface area contributed by atoms with Crippen LogP contribution in [0.25, 0.3) is 5.69 Å². The Morgan fingerprint density at radius 3 is 2.74 bits per heavy atom. The number of guanidine groups is 1. The third-order valence-corrected chi connectivity index (χ3v) is 4.13. The van der Waals surface area contributed by atoms with Crippen molar-refractivity contribution in [3.05, 3.63) is 83.4 Å². The molecule has 0 aliphatic carbocycles. The SMILES string of the molecule is CCNC(=NCc1cccc(-n2cccn2)c1)NCc1ccc(F)c(C)c1. The molecule has 1 aromatic heterocycles. The summed E-state index contributed by atoms with van der Waals surface area (Å²) in [6.07, 6.45) is 3.67. The van der Waals surface area contributed by atoms with Crippen molar-refractivity contribution in [1.29, 1.82) is 0 Å². The van der Waals surface area contributed by atoms with Gasteiger partial charge in [-0.05, 0) is 54.8 Å². The van der Waals surface area contributed by atoms with Crippen LogP contribution >= 0.6 is 0 Å². The number of aryl methyl sites for hydroxylation is 1. The molecule has 0 saturated heterocycles. The van der Waals surface area contributed by atoms with E-state index in [1.807, 2.05) is 48.1 Å². The number of nitrogens with zero attached hydrogens (tertiary/aromatic N) is 3. The van der Waals surface area contributed by atoms with E-state index in [1.165, 1.54) is 6.07 Å². The van der Waals surface area contributed by atoms with Gasteiger partial charge in [-0.25, -0.2) is 14.1 Å². The molecule has 0 amide bonds. The first-order chi connectivity index (χ1) is 13.2. The van der Waals surface area contributed by atoms with Crippen LogP contribution in [0.2, 0.25) is 0 Å². The van der Waals surface area contributed by atoms with Gasteiger partial charge >= 0.3 is 0 Å². The van der Waals surface area contributed by atoms with Gasteiger partial charge in [0.2, 0.25) is 0 Å². The molecule has 0 atom stereocenters. The number of rotatable bonds is 6. The van der Waals surface area contributed by atoms with E-state index in [0.717, 1.165) is 29.3 Å². The van der Waals surface area contributed by atoms with Gasteiger partial charge in [-0.15, -0.1) is 0 Å². The Bertz CT molecular complexity index is 903. The molecule has 3 rings (SSSR count). The second kappa shape index (κ2) is 8.98. The Labute approximate surface area is 159 Å². The van der Waals surface area contributed by atoms with Gasteiger partial charge in [0.25, 0.3) is 0 Å². The molecular weight excluding hydrogens is 341 g/mol. The summed E-state index contributed by atoms with van der Waals surface area (Å²) in [5, 5.41) is 10.8. The van der Waals surface area contributed by atoms with Gasteiger partial charge in [0.1, 0.15) is 5.82 Å². The number of hydrogen-bond acceptors (Lipinski definition) is 2. The topological polar surface area (TPSA) is 54.2 Å². The largest absolute Gasteiger partial charge is 0.357 e. The van der Waals surface area contributed by atoms with Crippen molar-refractivity contribution >= 4 is 5.96 Å². The smallest absolute Gasteiger partial charge is 0.191 e. The minimum atomic E-state index is -0.184. The van der Waals surface area contributed by atoms with Crippen molar-refractivity contribution in [2.75, 3.05) is 6.54 Å². The van der Waals surface area contributed by atoms with Crippen molar-refractivity contribution in [2.24, 2.45) is 4.99 Å². The maximum Gasteiger partial charge on any atom is 0.191 e.